The molecule has 0 aliphatic heterocycles. The van der Waals surface area contributed by atoms with Crippen LogP contribution in [0.25, 0.3) is 0 Å². The molecule has 0 spiro atoms. The van der Waals surface area contributed by atoms with Crippen LogP contribution in [0.15, 0.2) is 42.5 Å². The fourth-order valence-electron chi connectivity index (χ4n) is 2.30. The van der Waals surface area contributed by atoms with E-state index in [2.05, 4.69) is 36.5 Å². The van der Waals surface area contributed by atoms with E-state index in [-0.39, 0.29) is 11.2 Å². The highest BCUT2D eigenvalue weighted by molar-refractivity contribution is 7.99. The topological polar surface area (TPSA) is 47.6 Å². The maximum Gasteiger partial charge on any atom is 0.233 e. The van der Waals surface area contributed by atoms with E-state index in [1.54, 1.807) is 26.0 Å². The molecule has 0 saturated heterocycles. The van der Waals surface area contributed by atoms with Crippen molar-refractivity contribution >= 4 is 17.7 Å². The van der Waals surface area contributed by atoms with Crippen molar-refractivity contribution < 1.29 is 14.3 Å². The quantitative estimate of drug-likeness (QED) is 0.775. The molecule has 0 bridgehead atoms. The molecule has 0 saturated carbocycles. The molecule has 2 aromatic rings. The van der Waals surface area contributed by atoms with Gasteiger partial charge in [-0.25, -0.2) is 0 Å². The lowest BCUT2D eigenvalue weighted by molar-refractivity contribution is -0.120. The molecule has 1 unspecified atom stereocenters. The third kappa shape index (κ3) is 5.71. The Kier molecular flexibility index (Phi) is 7.19. The molecule has 4 nitrogen and oxygen atoms in total. The van der Waals surface area contributed by atoms with Crippen molar-refractivity contribution in [3.63, 3.8) is 0 Å². The van der Waals surface area contributed by atoms with E-state index in [0.717, 1.165) is 11.3 Å². The van der Waals surface area contributed by atoms with Crippen LogP contribution in [0, 0.1) is 6.92 Å². The first-order chi connectivity index (χ1) is 12.0. The van der Waals surface area contributed by atoms with Gasteiger partial charge in [-0.15, -0.1) is 11.8 Å². The highest BCUT2D eigenvalue weighted by Crippen LogP contribution is 2.27. The van der Waals surface area contributed by atoms with Gasteiger partial charge in [0, 0.05) is 12.3 Å². The van der Waals surface area contributed by atoms with E-state index in [4.69, 9.17) is 9.47 Å². The van der Waals surface area contributed by atoms with Crippen LogP contribution in [0.4, 0.5) is 0 Å². The summed E-state index contributed by atoms with van der Waals surface area (Å²) in [6, 6.07) is 14.0. The number of rotatable bonds is 8. The van der Waals surface area contributed by atoms with Gasteiger partial charge in [0.15, 0.2) is 11.5 Å². The van der Waals surface area contributed by atoms with Gasteiger partial charge >= 0.3 is 0 Å². The Bertz CT molecular complexity index is 701. The molecule has 5 heteroatoms. The van der Waals surface area contributed by atoms with Crippen molar-refractivity contribution in [1.82, 2.24) is 5.32 Å². The predicted octanol–water partition coefficient (Wildman–Crippen LogP) is 3.95. The molecule has 0 fully saturated rings. The summed E-state index contributed by atoms with van der Waals surface area (Å²) in [6.07, 6.45) is 0. The summed E-state index contributed by atoms with van der Waals surface area (Å²) in [5, 5.41) is 2.87. The van der Waals surface area contributed by atoms with Gasteiger partial charge in [-0.2, -0.15) is 0 Å². The van der Waals surface area contributed by atoms with Crippen molar-refractivity contribution in [2.24, 2.45) is 0 Å². The second-order valence-corrected chi connectivity index (χ2v) is 7.18. The van der Waals surface area contributed by atoms with Crippen LogP contribution < -0.4 is 14.8 Å². The molecule has 0 aromatic heterocycles. The molecule has 0 aliphatic carbocycles. The van der Waals surface area contributed by atoms with Crippen molar-refractivity contribution in [2.45, 2.75) is 31.4 Å². The minimum atomic E-state index is -0.110. The molecule has 1 N–H and O–H groups in total. The number of benzene rings is 2. The average molecular weight is 359 g/mol. The van der Waals surface area contributed by atoms with E-state index in [0.29, 0.717) is 18.0 Å². The second-order valence-electron chi connectivity index (χ2n) is 5.85. The number of hydrogen-bond donors (Lipinski definition) is 1. The van der Waals surface area contributed by atoms with Gasteiger partial charge in [-0.05, 0) is 37.1 Å². The van der Waals surface area contributed by atoms with Crippen LogP contribution in [0.5, 0.6) is 11.5 Å². The van der Waals surface area contributed by atoms with Crippen LogP contribution in [-0.2, 0) is 17.1 Å². The minimum Gasteiger partial charge on any atom is -0.493 e. The van der Waals surface area contributed by atoms with E-state index in [1.165, 1.54) is 11.1 Å². The lowest BCUT2D eigenvalue weighted by Crippen LogP contribution is -2.30. The molecular weight excluding hydrogens is 334 g/mol. The van der Waals surface area contributed by atoms with Crippen molar-refractivity contribution in [2.75, 3.05) is 14.2 Å². The third-order valence-corrected chi connectivity index (χ3v) is 5.12. The summed E-state index contributed by atoms with van der Waals surface area (Å²) < 4.78 is 10.5. The first-order valence-corrected chi connectivity index (χ1v) is 9.24. The predicted molar refractivity (Wildman–Crippen MR) is 103 cm³/mol. The Labute approximate surface area is 153 Å². The number of ether oxygens (including phenoxy) is 2. The summed E-state index contributed by atoms with van der Waals surface area (Å²) in [7, 11) is 3.20. The molecule has 1 amide bonds. The number of hydrogen-bond acceptors (Lipinski definition) is 4. The van der Waals surface area contributed by atoms with Gasteiger partial charge in [0.05, 0.1) is 19.5 Å². The molecular formula is C20H25NO3S. The third-order valence-electron chi connectivity index (χ3n) is 3.90. The van der Waals surface area contributed by atoms with Crippen LogP contribution >= 0.6 is 11.8 Å². The molecule has 1 atom stereocenters. The van der Waals surface area contributed by atoms with Gasteiger partial charge < -0.3 is 14.8 Å². The van der Waals surface area contributed by atoms with E-state index in [9.17, 15) is 4.79 Å². The van der Waals surface area contributed by atoms with E-state index < -0.39 is 0 Å². The molecule has 134 valence electrons. The molecule has 0 radical (unpaired) electrons. The average Bonchev–Trinajstić information content (AvgIpc) is 2.65. The van der Waals surface area contributed by atoms with Crippen molar-refractivity contribution in [3.05, 3.63) is 59.2 Å². The fraction of sp³-hybridized carbons (Fsp3) is 0.350. The standard InChI is InChI=1S/C20H25NO3S/c1-14-5-7-16(8-6-14)13-25-15(2)20(22)21-12-17-9-10-18(23-3)19(11-17)24-4/h5-11,15H,12-13H2,1-4H3,(H,21,22). The summed E-state index contributed by atoms with van der Waals surface area (Å²) in [5.41, 5.74) is 3.45. The Morgan fingerprint density at radius 2 is 1.68 bits per heavy atom. The lowest BCUT2D eigenvalue weighted by atomic mass is 10.2. The first kappa shape index (κ1) is 19.2. The highest BCUT2D eigenvalue weighted by atomic mass is 32.2. The fourth-order valence-corrected chi connectivity index (χ4v) is 3.17. The van der Waals surface area contributed by atoms with Crippen molar-refractivity contribution in [1.29, 1.82) is 0 Å². The Hall–Kier alpha value is -2.14. The summed E-state index contributed by atoms with van der Waals surface area (Å²) in [5.74, 6) is 2.20. The number of nitrogens with one attached hydrogen (secondary N) is 1. The highest BCUT2D eigenvalue weighted by Gasteiger charge is 2.13. The van der Waals surface area contributed by atoms with Gasteiger partial charge in [0.1, 0.15) is 0 Å². The number of thioether (sulfide) groups is 1. The van der Waals surface area contributed by atoms with Gasteiger partial charge in [0.2, 0.25) is 5.91 Å². The maximum absolute atomic E-state index is 12.3. The smallest absolute Gasteiger partial charge is 0.233 e. The SMILES string of the molecule is COc1ccc(CNC(=O)C(C)SCc2ccc(C)cc2)cc1OC. The lowest BCUT2D eigenvalue weighted by Gasteiger charge is -2.13. The molecule has 0 heterocycles. The zero-order valence-electron chi connectivity index (χ0n) is 15.2. The van der Waals surface area contributed by atoms with Gasteiger partial charge in [-0.1, -0.05) is 35.9 Å². The maximum atomic E-state index is 12.3. The van der Waals surface area contributed by atoms with Gasteiger partial charge in [-0.3, -0.25) is 4.79 Å². The van der Waals surface area contributed by atoms with E-state index in [1.807, 2.05) is 25.1 Å². The number of amides is 1. The minimum absolute atomic E-state index is 0.0342. The van der Waals surface area contributed by atoms with Crippen molar-refractivity contribution in [3.8, 4) is 11.5 Å². The molecule has 0 aliphatic rings. The second kappa shape index (κ2) is 9.37. The van der Waals surface area contributed by atoms with Crippen LogP contribution in [0.3, 0.4) is 0 Å². The number of aryl methyl sites for hydroxylation is 1. The number of carbonyl (C=O) groups excluding carboxylic acids is 1. The van der Waals surface area contributed by atoms with Crippen LogP contribution in [-0.4, -0.2) is 25.4 Å². The monoisotopic (exact) mass is 359 g/mol. The zero-order valence-corrected chi connectivity index (χ0v) is 16.0. The molecule has 25 heavy (non-hydrogen) atoms. The van der Waals surface area contributed by atoms with Crippen LogP contribution in [0.2, 0.25) is 0 Å². The Balaban J connectivity index is 1.83. The van der Waals surface area contributed by atoms with E-state index >= 15 is 0 Å². The number of carbonyl (C=O) groups is 1. The molecule has 2 aromatic carbocycles. The normalized spacial score (nSPS) is 11.7. The Morgan fingerprint density at radius 3 is 2.32 bits per heavy atom. The summed E-state index contributed by atoms with van der Waals surface area (Å²) >= 11 is 1.64. The number of methoxy groups -OCH3 is 2. The first-order valence-electron chi connectivity index (χ1n) is 8.19. The van der Waals surface area contributed by atoms with Crippen LogP contribution in [0.1, 0.15) is 23.6 Å². The van der Waals surface area contributed by atoms with Gasteiger partial charge in [0.25, 0.3) is 0 Å². The summed E-state index contributed by atoms with van der Waals surface area (Å²) in [6.45, 7) is 4.47. The summed E-state index contributed by atoms with van der Waals surface area (Å²) in [4.78, 5) is 12.3. The molecule has 2 rings (SSSR count). The Morgan fingerprint density at radius 1 is 1.04 bits per heavy atom. The zero-order chi connectivity index (χ0) is 18.2. The largest absolute Gasteiger partial charge is 0.493 e.